The molecule has 1 amide bonds. The van der Waals surface area contributed by atoms with E-state index < -0.39 is 5.92 Å². The topological polar surface area (TPSA) is 64.3 Å². The molecule has 4 heteroatoms. The second-order valence-corrected chi connectivity index (χ2v) is 4.64. The van der Waals surface area contributed by atoms with Crippen molar-refractivity contribution in [1.82, 2.24) is 4.90 Å². The van der Waals surface area contributed by atoms with Crippen LogP contribution in [0, 0.1) is 17.2 Å². The maximum atomic E-state index is 12.2. The van der Waals surface area contributed by atoms with Gasteiger partial charge in [0.2, 0.25) is 5.91 Å². The number of nitriles is 1. The highest BCUT2D eigenvalue weighted by molar-refractivity contribution is 5.81. The van der Waals surface area contributed by atoms with Crippen LogP contribution in [0.15, 0.2) is 0 Å². The van der Waals surface area contributed by atoms with E-state index in [1.807, 2.05) is 6.92 Å². The highest BCUT2D eigenvalue weighted by atomic mass is 16.3. The Morgan fingerprint density at radius 1 is 1.47 bits per heavy atom. The summed E-state index contributed by atoms with van der Waals surface area (Å²) in [4.78, 5) is 13.9. The number of nitrogens with zero attached hydrogens (tertiary/aromatic N) is 2. The molecule has 0 saturated heterocycles. The third kappa shape index (κ3) is 3.71. The lowest BCUT2D eigenvalue weighted by molar-refractivity contribution is -0.137. The van der Waals surface area contributed by atoms with Crippen molar-refractivity contribution in [2.45, 2.75) is 51.5 Å². The van der Waals surface area contributed by atoms with E-state index in [2.05, 4.69) is 6.07 Å². The van der Waals surface area contributed by atoms with Gasteiger partial charge in [-0.2, -0.15) is 5.26 Å². The number of hydrogen-bond donors (Lipinski definition) is 1. The summed E-state index contributed by atoms with van der Waals surface area (Å²) in [6, 6.07) is 2.28. The number of hydrogen-bond acceptors (Lipinski definition) is 3. The predicted octanol–water partition coefficient (Wildman–Crippen LogP) is 1.69. The number of carbonyl (C=O) groups is 1. The van der Waals surface area contributed by atoms with Gasteiger partial charge < -0.3 is 10.0 Å². The van der Waals surface area contributed by atoms with Crippen molar-refractivity contribution < 1.29 is 9.90 Å². The Morgan fingerprint density at radius 3 is 2.59 bits per heavy atom. The molecule has 4 nitrogen and oxygen atoms in total. The van der Waals surface area contributed by atoms with Gasteiger partial charge in [-0.25, -0.2) is 0 Å². The fourth-order valence-electron chi connectivity index (χ4n) is 2.49. The van der Waals surface area contributed by atoms with Gasteiger partial charge in [-0.05, 0) is 19.3 Å². The van der Waals surface area contributed by atoms with Crippen LogP contribution in [-0.4, -0.2) is 35.1 Å². The molecule has 0 heterocycles. The SMILES string of the molecule is CCC(C#N)C(=O)N(CCO)C1CCCCC1. The molecule has 0 aromatic rings. The van der Waals surface area contributed by atoms with Crippen LogP contribution in [-0.2, 0) is 4.79 Å². The van der Waals surface area contributed by atoms with Crippen LogP contribution in [0.25, 0.3) is 0 Å². The Bertz CT molecular complexity index is 280. The number of carbonyl (C=O) groups excluding carboxylic acids is 1. The van der Waals surface area contributed by atoms with E-state index in [0.717, 1.165) is 25.7 Å². The zero-order valence-corrected chi connectivity index (χ0v) is 10.6. The molecule has 1 saturated carbocycles. The molecule has 0 aromatic heterocycles. The molecule has 0 spiro atoms. The lowest BCUT2D eigenvalue weighted by Gasteiger charge is -2.35. The number of aliphatic hydroxyl groups is 1. The first-order chi connectivity index (χ1) is 8.24. The molecule has 0 aliphatic heterocycles. The highest BCUT2D eigenvalue weighted by Crippen LogP contribution is 2.24. The van der Waals surface area contributed by atoms with Crippen molar-refractivity contribution in [2.75, 3.05) is 13.2 Å². The molecule has 1 atom stereocenters. The van der Waals surface area contributed by atoms with Gasteiger partial charge in [0, 0.05) is 12.6 Å². The lowest BCUT2D eigenvalue weighted by Crippen LogP contribution is -2.45. The molecule has 1 N–H and O–H groups in total. The Morgan fingerprint density at radius 2 is 2.12 bits per heavy atom. The molecule has 1 aliphatic carbocycles. The minimum atomic E-state index is -0.552. The van der Waals surface area contributed by atoms with Gasteiger partial charge in [0.05, 0.1) is 12.7 Å². The minimum Gasteiger partial charge on any atom is -0.395 e. The van der Waals surface area contributed by atoms with Crippen molar-refractivity contribution in [1.29, 1.82) is 5.26 Å². The van der Waals surface area contributed by atoms with Gasteiger partial charge in [-0.15, -0.1) is 0 Å². The lowest BCUT2D eigenvalue weighted by atomic mass is 9.93. The van der Waals surface area contributed by atoms with Gasteiger partial charge in [0.25, 0.3) is 0 Å². The van der Waals surface area contributed by atoms with E-state index in [1.165, 1.54) is 6.42 Å². The molecule has 96 valence electrons. The average molecular weight is 238 g/mol. The third-order valence-electron chi connectivity index (χ3n) is 3.50. The molecule has 0 radical (unpaired) electrons. The summed E-state index contributed by atoms with van der Waals surface area (Å²) in [6.07, 6.45) is 6.07. The molecule has 0 aromatic carbocycles. The highest BCUT2D eigenvalue weighted by Gasteiger charge is 2.29. The van der Waals surface area contributed by atoms with Crippen molar-refractivity contribution in [3.05, 3.63) is 0 Å². The standard InChI is InChI=1S/C13H22N2O2/c1-2-11(10-14)13(17)15(8-9-16)12-6-4-3-5-7-12/h11-12,16H,2-9H2,1H3. The van der Waals surface area contributed by atoms with Gasteiger partial charge >= 0.3 is 0 Å². The summed E-state index contributed by atoms with van der Waals surface area (Å²) in [5, 5.41) is 18.0. The van der Waals surface area contributed by atoms with E-state index in [9.17, 15) is 4.79 Å². The van der Waals surface area contributed by atoms with Gasteiger partial charge in [-0.1, -0.05) is 26.2 Å². The van der Waals surface area contributed by atoms with Crippen LogP contribution in [0.3, 0.4) is 0 Å². The molecule has 1 fully saturated rings. The predicted molar refractivity (Wildman–Crippen MR) is 65.1 cm³/mol. The Labute approximate surface area is 103 Å². The van der Waals surface area contributed by atoms with E-state index in [0.29, 0.717) is 13.0 Å². The van der Waals surface area contributed by atoms with Crippen molar-refractivity contribution >= 4 is 5.91 Å². The van der Waals surface area contributed by atoms with Gasteiger partial charge in [0.1, 0.15) is 5.92 Å². The second-order valence-electron chi connectivity index (χ2n) is 4.64. The van der Waals surface area contributed by atoms with Crippen LogP contribution in [0.1, 0.15) is 45.4 Å². The fraction of sp³-hybridized carbons (Fsp3) is 0.846. The summed E-state index contributed by atoms with van der Waals surface area (Å²) < 4.78 is 0. The van der Waals surface area contributed by atoms with Crippen LogP contribution >= 0.6 is 0 Å². The van der Waals surface area contributed by atoms with E-state index >= 15 is 0 Å². The van der Waals surface area contributed by atoms with Crippen molar-refractivity contribution in [3.8, 4) is 6.07 Å². The van der Waals surface area contributed by atoms with Crippen LogP contribution < -0.4 is 0 Å². The Balaban J connectivity index is 2.69. The van der Waals surface area contributed by atoms with E-state index in [1.54, 1.807) is 4.90 Å². The largest absolute Gasteiger partial charge is 0.395 e. The maximum Gasteiger partial charge on any atom is 0.240 e. The number of rotatable bonds is 5. The molecule has 17 heavy (non-hydrogen) atoms. The fourth-order valence-corrected chi connectivity index (χ4v) is 2.49. The first-order valence-electron chi connectivity index (χ1n) is 6.55. The van der Waals surface area contributed by atoms with Crippen molar-refractivity contribution in [3.63, 3.8) is 0 Å². The zero-order valence-electron chi connectivity index (χ0n) is 10.6. The summed E-state index contributed by atoms with van der Waals surface area (Å²) in [6.45, 7) is 2.19. The van der Waals surface area contributed by atoms with E-state index in [-0.39, 0.29) is 18.6 Å². The number of aliphatic hydroxyl groups excluding tert-OH is 1. The summed E-state index contributed by atoms with van der Waals surface area (Å²) in [5.74, 6) is -0.653. The quantitative estimate of drug-likeness (QED) is 0.792. The summed E-state index contributed by atoms with van der Waals surface area (Å²) in [5.41, 5.74) is 0. The Hall–Kier alpha value is -1.08. The van der Waals surface area contributed by atoms with Gasteiger partial charge in [-0.3, -0.25) is 4.79 Å². The molecule has 1 aliphatic rings. The van der Waals surface area contributed by atoms with Crippen molar-refractivity contribution in [2.24, 2.45) is 5.92 Å². The molecule has 0 bridgehead atoms. The van der Waals surface area contributed by atoms with Crippen LogP contribution in [0.5, 0.6) is 0 Å². The van der Waals surface area contributed by atoms with E-state index in [4.69, 9.17) is 10.4 Å². The van der Waals surface area contributed by atoms with Crippen LogP contribution in [0.2, 0.25) is 0 Å². The minimum absolute atomic E-state index is 0.0237. The zero-order chi connectivity index (χ0) is 12.7. The molecule has 1 rings (SSSR count). The second kappa shape index (κ2) is 7.29. The smallest absolute Gasteiger partial charge is 0.240 e. The molecular formula is C13H22N2O2. The summed E-state index contributed by atoms with van der Waals surface area (Å²) >= 11 is 0. The molecule has 1 unspecified atom stereocenters. The maximum absolute atomic E-state index is 12.2. The third-order valence-corrected chi connectivity index (χ3v) is 3.50. The summed E-state index contributed by atoms with van der Waals surface area (Å²) in [7, 11) is 0. The van der Waals surface area contributed by atoms with Crippen LogP contribution in [0.4, 0.5) is 0 Å². The Kier molecular flexibility index (Phi) is 5.99. The molecular weight excluding hydrogens is 216 g/mol. The van der Waals surface area contributed by atoms with Gasteiger partial charge in [0.15, 0.2) is 0 Å². The monoisotopic (exact) mass is 238 g/mol. The first-order valence-corrected chi connectivity index (χ1v) is 6.55. The average Bonchev–Trinajstić information content (AvgIpc) is 2.38. The first kappa shape index (κ1) is 14.0. The normalized spacial score (nSPS) is 18.4. The number of amides is 1.